The van der Waals surface area contributed by atoms with Crippen molar-refractivity contribution in [1.82, 2.24) is 10.2 Å². The molecule has 0 saturated carbocycles. The average Bonchev–Trinajstić information content (AvgIpc) is 2.63. The van der Waals surface area contributed by atoms with Crippen molar-refractivity contribution >= 4 is 0 Å². The van der Waals surface area contributed by atoms with Crippen LogP contribution in [0.4, 0.5) is 17.6 Å². The normalized spacial score (nSPS) is 26.6. The lowest BCUT2D eigenvalue weighted by atomic mass is 10.0. The molecule has 0 aromatic heterocycles. The molecule has 0 bridgehead atoms. The molecular weight excluding hydrogens is 224 g/mol. The van der Waals surface area contributed by atoms with E-state index in [4.69, 9.17) is 0 Å². The summed E-state index contributed by atoms with van der Waals surface area (Å²) in [6.07, 6.45) is -3.30. The van der Waals surface area contributed by atoms with Crippen LogP contribution in [-0.4, -0.2) is 50.5 Å². The number of hydrogen-bond donors (Lipinski definition) is 1. The molecule has 1 aliphatic heterocycles. The zero-order valence-electron chi connectivity index (χ0n) is 9.36. The van der Waals surface area contributed by atoms with Crippen LogP contribution in [0.3, 0.4) is 0 Å². The molecule has 0 radical (unpaired) electrons. The Morgan fingerprint density at radius 1 is 1.31 bits per heavy atom. The number of hydrogen-bond acceptors (Lipinski definition) is 2. The Morgan fingerprint density at radius 3 is 2.50 bits per heavy atom. The van der Waals surface area contributed by atoms with Crippen molar-refractivity contribution in [2.24, 2.45) is 5.92 Å². The Kier molecular flexibility index (Phi) is 4.98. The van der Waals surface area contributed by atoms with E-state index in [1.54, 1.807) is 11.9 Å². The molecule has 1 heterocycles. The molecule has 1 aliphatic rings. The van der Waals surface area contributed by atoms with Gasteiger partial charge >= 0.3 is 6.18 Å². The molecule has 2 atom stereocenters. The second-order valence-corrected chi connectivity index (χ2v) is 4.36. The SMILES string of the molecule is CN(CCF)CCC1CC(C(F)(F)F)CN1. The van der Waals surface area contributed by atoms with Crippen LogP contribution in [-0.2, 0) is 0 Å². The first-order valence-electron chi connectivity index (χ1n) is 5.48. The van der Waals surface area contributed by atoms with Crippen molar-refractivity contribution in [1.29, 1.82) is 0 Å². The Hall–Kier alpha value is -0.360. The highest BCUT2D eigenvalue weighted by Crippen LogP contribution is 2.33. The van der Waals surface area contributed by atoms with Gasteiger partial charge in [-0.25, -0.2) is 4.39 Å². The fraction of sp³-hybridized carbons (Fsp3) is 1.00. The Morgan fingerprint density at radius 2 is 2.00 bits per heavy atom. The number of nitrogens with zero attached hydrogens (tertiary/aromatic N) is 1. The van der Waals surface area contributed by atoms with Gasteiger partial charge in [-0.2, -0.15) is 13.2 Å². The van der Waals surface area contributed by atoms with Gasteiger partial charge in [0.1, 0.15) is 6.67 Å². The molecule has 2 unspecified atom stereocenters. The predicted octanol–water partition coefficient (Wildman–Crippen LogP) is 1.82. The van der Waals surface area contributed by atoms with E-state index in [9.17, 15) is 17.6 Å². The fourth-order valence-corrected chi connectivity index (χ4v) is 1.92. The number of halogens is 4. The number of alkyl halides is 4. The Labute approximate surface area is 93.0 Å². The first-order valence-corrected chi connectivity index (χ1v) is 5.48. The number of nitrogens with one attached hydrogen (secondary N) is 1. The van der Waals surface area contributed by atoms with Crippen LogP contribution in [0.2, 0.25) is 0 Å². The van der Waals surface area contributed by atoms with Gasteiger partial charge in [-0.3, -0.25) is 0 Å². The molecule has 0 amide bonds. The zero-order chi connectivity index (χ0) is 12.2. The Bertz CT molecular complexity index is 207. The topological polar surface area (TPSA) is 15.3 Å². The molecular formula is C10H18F4N2. The van der Waals surface area contributed by atoms with E-state index in [2.05, 4.69) is 5.32 Å². The van der Waals surface area contributed by atoms with Crippen LogP contribution in [0.25, 0.3) is 0 Å². The van der Waals surface area contributed by atoms with Crippen LogP contribution in [0.5, 0.6) is 0 Å². The highest BCUT2D eigenvalue weighted by atomic mass is 19.4. The molecule has 2 nitrogen and oxygen atoms in total. The highest BCUT2D eigenvalue weighted by Gasteiger charge is 2.43. The molecule has 0 aromatic rings. The average molecular weight is 242 g/mol. The monoisotopic (exact) mass is 242 g/mol. The molecule has 0 aromatic carbocycles. The predicted molar refractivity (Wildman–Crippen MR) is 54.0 cm³/mol. The second-order valence-electron chi connectivity index (χ2n) is 4.36. The molecule has 1 N–H and O–H groups in total. The largest absolute Gasteiger partial charge is 0.393 e. The maximum atomic E-state index is 12.4. The molecule has 6 heteroatoms. The third kappa shape index (κ3) is 4.25. The molecule has 0 spiro atoms. The molecule has 1 fully saturated rings. The van der Waals surface area contributed by atoms with Crippen LogP contribution in [0, 0.1) is 5.92 Å². The van der Waals surface area contributed by atoms with Crippen molar-refractivity contribution in [2.75, 3.05) is 33.4 Å². The van der Waals surface area contributed by atoms with Crippen molar-refractivity contribution < 1.29 is 17.6 Å². The summed E-state index contributed by atoms with van der Waals surface area (Å²) in [7, 11) is 1.77. The fourth-order valence-electron chi connectivity index (χ4n) is 1.92. The van der Waals surface area contributed by atoms with Gasteiger partial charge in [-0.15, -0.1) is 0 Å². The summed E-state index contributed by atoms with van der Waals surface area (Å²) in [5.74, 6) is -1.22. The lowest BCUT2D eigenvalue weighted by Gasteiger charge is -2.18. The van der Waals surface area contributed by atoms with Gasteiger partial charge in [-0.1, -0.05) is 0 Å². The van der Waals surface area contributed by atoms with Crippen LogP contribution in [0.1, 0.15) is 12.8 Å². The van der Waals surface area contributed by atoms with Gasteiger partial charge in [0.05, 0.1) is 5.92 Å². The van der Waals surface area contributed by atoms with Gasteiger partial charge in [0, 0.05) is 19.1 Å². The quantitative estimate of drug-likeness (QED) is 0.740. The van der Waals surface area contributed by atoms with Gasteiger partial charge in [0.15, 0.2) is 0 Å². The van der Waals surface area contributed by atoms with Gasteiger partial charge in [0.25, 0.3) is 0 Å². The van der Waals surface area contributed by atoms with E-state index in [0.717, 1.165) is 0 Å². The number of rotatable bonds is 5. The van der Waals surface area contributed by atoms with E-state index in [0.29, 0.717) is 19.5 Å². The summed E-state index contributed by atoms with van der Waals surface area (Å²) >= 11 is 0. The van der Waals surface area contributed by atoms with Crippen molar-refractivity contribution in [3.63, 3.8) is 0 Å². The highest BCUT2D eigenvalue weighted by molar-refractivity contribution is 4.85. The minimum atomic E-state index is -4.09. The van der Waals surface area contributed by atoms with E-state index < -0.39 is 18.8 Å². The zero-order valence-corrected chi connectivity index (χ0v) is 9.36. The minimum absolute atomic E-state index is 0.0149. The summed E-state index contributed by atoms with van der Waals surface area (Å²) < 4.78 is 49.0. The van der Waals surface area contributed by atoms with Crippen molar-refractivity contribution in [3.05, 3.63) is 0 Å². The first kappa shape index (κ1) is 13.7. The van der Waals surface area contributed by atoms with E-state index >= 15 is 0 Å². The van der Waals surface area contributed by atoms with E-state index in [1.807, 2.05) is 0 Å². The Balaban J connectivity index is 2.22. The minimum Gasteiger partial charge on any atom is -0.313 e. The van der Waals surface area contributed by atoms with Crippen molar-refractivity contribution in [2.45, 2.75) is 25.1 Å². The maximum Gasteiger partial charge on any atom is 0.393 e. The molecule has 1 rings (SSSR count). The maximum absolute atomic E-state index is 12.4. The molecule has 96 valence electrons. The smallest absolute Gasteiger partial charge is 0.313 e. The van der Waals surface area contributed by atoms with E-state index in [-0.39, 0.29) is 19.0 Å². The van der Waals surface area contributed by atoms with Gasteiger partial charge in [-0.05, 0) is 26.4 Å². The van der Waals surface area contributed by atoms with Gasteiger partial charge < -0.3 is 10.2 Å². The first-order chi connectivity index (χ1) is 7.43. The van der Waals surface area contributed by atoms with Crippen molar-refractivity contribution in [3.8, 4) is 0 Å². The molecule has 16 heavy (non-hydrogen) atoms. The third-order valence-electron chi connectivity index (χ3n) is 3.01. The van der Waals surface area contributed by atoms with Crippen LogP contribution in [0.15, 0.2) is 0 Å². The second kappa shape index (κ2) is 5.82. The van der Waals surface area contributed by atoms with Gasteiger partial charge in [0.2, 0.25) is 0 Å². The summed E-state index contributed by atoms with van der Waals surface area (Å²) in [6.45, 7) is 0.572. The van der Waals surface area contributed by atoms with E-state index in [1.165, 1.54) is 0 Å². The molecule has 1 saturated heterocycles. The summed E-state index contributed by atoms with van der Waals surface area (Å²) in [4.78, 5) is 1.79. The standard InChI is InChI=1S/C10H18F4N2/c1-16(5-3-11)4-2-9-6-8(7-15-9)10(12,13)14/h8-9,15H,2-7H2,1H3. The lowest BCUT2D eigenvalue weighted by molar-refractivity contribution is -0.169. The van der Waals surface area contributed by atoms with Crippen LogP contribution < -0.4 is 5.32 Å². The summed E-state index contributed by atoms with van der Waals surface area (Å²) in [5, 5.41) is 2.87. The van der Waals surface area contributed by atoms with Crippen LogP contribution >= 0.6 is 0 Å². The summed E-state index contributed by atoms with van der Waals surface area (Å²) in [6, 6.07) is -0.0892. The molecule has 0 aliphatic carbocycles. The summed E-state index contributed by atoms with van der Waals surface area (Å²) in [5.41, 5.74) is 0. The third-order valence-corrected chi connectivity index (χ3v) is 3.01. The lowest BCUT2D eigenvalue weighted by Crippen LogP contribution is -2.29.